The van der Waals surface area contributed by atoms with Gasteiger partial charge >= 0.3 is 5.97 Å². The topological polar surface area (TPSA) is 90.3 Å². The van der Waals surface area contributed by atoms with Gasteiger partial charge in [-0.15, -0.1) is 0 Å². The lowest BCUT2D eigenvalue weighted by Gasteiger charge is -2.55. The van der Waals surface area contributed by atoms with Gasteiger partial charge in [-0.3, -0.25) is 4.79 Å². The van der Waals surface area contributed by atoms with Gasteiger partial charge in [0, 0.05) is 11.8 Å². The number of epoxide rings is 1. The van der Waals surface area contributed by atoms with Crippen LogP contribution in [0.15, 0.2) is 23.3 Å². The molecule has 4 aliphatic carbocycles. The third-order valence-electron chi connectivity index (χ3n) is 10.8. The van der Waals surface area contributed by atoms with Crippen LogP contribution >= 0.6 is 0 Å². The average molecular weight is 459 g/mol. The lowest BCUT2D eigenvalue weighted by atomic mass is 9.47. The van der Waals surface area contributed by atoms with Crippen molar-refractivity contribution in [1.29, 1.82) is 0 Å². The van der Waals surface area contributed by atoms with Gasteiger partial charge in [0.25, 0.3) is 0 Å². The molecule has 1 saturated heterocycles. The molecule has 3 saturated carbocycles. The summed E-state index contributed by atoms with van der Waals surface area (Å²) in [5.41, 5.74) is 0.548. The lowest BCUT2D eigenvalue weighted by Crippen LogP contribution is -2.58. The third-order valence-corrected chi connectivity index (χ3v) is 10.8. The summed E-state index contributed by atoms with van der Waals surface area (Å²) in [5, 5.41) is 32.5. The second kappa shape index (κ2) is 7.66. The van der Waals surface area contributed by atoms with Crippen LogP contribution in [-0.2, 0) is 9.53 Å². The fourth-order valence-corrected chi connectivity index (χ4v) is 8.46. The molecule has 1 spiro atoms. The lowest BCUT2D eigenvalue weighted by molar-refractivity contribution is -0.151. The van der Waals surface area contributed by atoms with Crippen molar-refractivity contribution < 1.29 is 24.9 Å². The van der Waals surface area contributed by atoms with Crippen LogP contribution in [0.2, 0.25) is 0 Å². The number of fused-ring (bicyclic) bond motifs is 3. The van der Waals surface area contributed by atoms with Crippen LogP contribution < -0.4 is 0 Å². The molecule has 0 aromatic heterocycles. The van der Waals surface area contributed by atoms with Crippen LogP contribution in [0.1, 0.15) is 79.6 Å². The van der Waals surface area contributed by atoms with Gasteiger partial charge in [-0.25, -0.2) is 0 Å². The van der Waals surface area contributed by atoms with Gasteiger partial charge in [-0.2, -0.15) is 0 Å². The summed E-state index contributed by atoms with van der Waals surface area (Å²) >= 11 is 0. The zero-order chi connectivity index (χ0) is 23.9. The SMILES string of the molecule is CC(C)C(C)C=CC(C)C1CCC2=C3C(O)C4OC45CC(O)CCC5(C)C3CCC21C(=O)O. The summed E-state index contributed by atoms with van der Waals surface area (Å²) in [5.74, 6) is 0.679. The number of carboxylic acid groups (broad SMARTS) is 1. The fourth-order valence-electron chi connectivity index (χ4n) is 8.46. The molecule has 5 rings (SSSR count). The Labute approximate surface area is 198 Å². The number of hydrogen-bond acceptors (Lipinski definition) is 4. The highest BCUT2D eigenvalue weighted by Crippen LogP contribution is 2.72. The molecule has 1 heterocycles. The van der Waals surface area contributed by atoms with E-state index in [1.165, 1.54) is 0 Å². The predicted molar refractivity (Wildman–Crippen MR) is 126 cm³/mol. The minimum absolute atomic E-state index is 0.0500. The summed E-state index contributed by atoms with van der Waals surface area (Å²) in [6, 6.07) is 0. The van der Waals surface area contributed by atoms with E-state index in [9.17, 15) is 20.1 Å². The van der Waals surface area contributed by atoms with Crippen LogP contribution in [0.5, 0.6) is 0 Å². The number of ether oxygens (including phenoxy) is 1. The number of aliphatic carboxylic acids is 1. The molecule has 10 unspecified atom stereocenters. The molecule has 5 nitrogen and oxygen atoms in total. The van der Waals surface area contributed by atoms with Crippen molar-refractivity contribution in [3.63, 3.8) is 0 Å². The summed E-state index contributed by atoms with van der Waals surface area (Å²) in [7, 11) is 0. The third kappa shape index (κ3) is 3.04. The summed E-state index contributed by atoms with van der Waals surface area (Å²) in [4.78, 5) is 13.0. The van der Waals surface area contributed by atoms with Crippen molar-refractivity contribution in [3.8, 4) is 0 Å². The maximum atomic E-state index is 13.0. The summed E-state index contributed by atoms with van der Waals surface area (Å²) in [6.07, 6.45) is 8.34. The van der Waals surface area contributed by atoms with E-state index in [4.69, 9.17) is 4.74 Å². The smallest absolute Gasteiger partial charge is 0.314 e. The van der Waals surface area contributed by atoms with Crippen molar-refractivity contribution >= 4 is 5.97 Å². The second-order valence-electron chi connectivity index (χ2n) is 12.5. The van der Waals surface area contributed by atoms with Crippen LogP contribution in [0.25, 0.3) is 0 Å². The molecule has 184 valence electrons. The minimum atomic E-state index is -0.878. The number of aliphatic hydroxyl groups excluding tert-OH is 2. The quantitative estimate of drug-likeness (QED) is 0.410. The molecule has 5 aliphatic rings. The Balaban J connectivity index is 1.54. The Morgan fingerprint density at radius 2 is 1.82 bits per heavy atom. The van der Waals surface area contributed by atoms with E-state index in [1.54, 1.807) is 0 Å². The number of allylic oxidation sites excluding steroid dienone is 2. The van der Waals surface area contributed by atoms with Crippen molar-refractivity contribution in [3.05, 3.63) is 23.3 Å². The van der Waals surface area contributed by atoms with E-state index in [2.05, 4.69) is 46.8 Å². The number of carboxylic acids is 1. The van der Waals surface area contributed by atoms with E-state index in [0.29, 0.717) is 24.7 Å². The zero-order valence-electron chi connectivity index (χ0n) is 20.9. The van der Waals surface area contributed by atoms with Gasteiger partial charge in [0.05, 0.1) is 11.5 Å². The molecular weight excluding hydrogens is 416 g/mol. The first-order chi connectivity index (χ1) is 15.5. The van der Waals surface area contributed by atoms with Crippen molar-refractivity contribution in [1.82, 2.24) is 0 Å². The Kier molecular flexibility index (Phi) is 5.47. The number of carbonyl (C=O) groups is 1. The molecule has 0 aromatic rings. The Hall–Kier alpha value is -1.17. The number of hydrogen-bond donors (Lipinski definition) is 3. The monoisotopic (exact) mass is 458 g/mol. The predicted octanol–water partition coefficient (Wildman–Crippen LogP) is 4.72. The molecule has 3 N–H and O–H groups in total. The molecular formula is C28H42O5. The second-order valence-corrected chi connectivity index (χ2v) is 12.5. The van der Waals surface area contributed by atoms with Crippen LogP contribution in [0.3, 0.4) is 0 Å². The highest BCUT2D eigenvalue weighted by Gasteiger charge is 2.77. The van der Waals surface area contributed by atoms with Gasteiger partial charge in [-0.1, -0.05) is 52.3 Å². The van der Waals surface area contributed by atoms with Crippen LogP contribution in [0, 0.1) is 40.4 Å². The van der Waals surface area contributed by atoms with E-state index >= 15 is 0 Å². The molecule has 0 radical (unpaired) electrons. The molecule has 0 bridgehead atoms. The van der Waals surface area contributed by atoms with Gasteiger partial charge in [0.1, 0.15) is 17.8 Å². The van der Waals surface area contributed by atoms with Gasteiger partial charge in [0.15, 0.2) is 0 Å². The van der Waals surface area contributed by atoms with Gasteiger partial charge in [0.2, 0.25) is 0 Å². The molecule has 10 atom stereocenters. The van der Waals surface area contributed by atoms with E-state index in [1.807, 2.05) is 0 Å². The highest BCUT2D eigenvalue weighted by molar-refractivity contribution is 5.81. The first-order valence-electron chi connectivity index (χ1n) is 13.2. The van der Waals surface area contributed by atoms with E-state index < -0.39 is 23.1 Å². The zero-order valence-corrected chi connectivity index (χ0v) is 20.9. The first kappa shape index (κ1) is 23.6. The summed E-state index contributed by atoms with van der Waals surface area (Å²) in [6.45, 7) is 11.1. The van der Waals surface area contributed by atoms with E-state index in [-0.39, 0.29) is 35.4 Å². The minimum Gasteiger partial charge on any atom is -0.481 e. The van der Waals surface area contributed by atoms with Crippen molar-refractivity contribution in [2.75, 3.05) is 0 Å². The Morgan fingerprint density at radius 1 is 1.09 bits per heavy atom. The normalized spacial score (nSPS) is 48.2. The molecule has 0 amide bonds. The maximum absolute atomic E-state index is 13.0. The summed E-state index contributed by atoms with van der Waals surface area (Å²) < 4.78 is 6.25. The van der Waals surface area contributed by atoms with Crippen LogP contribution in [-0.4, -0.2) is 45.2 Å². The first-order valence-corrected chi connectivity index (χ1v) is 13.2. The highest BCUT2D eigenvalue weighted by atomic mass is 16.6. The molecule has 1 aliphatic heterocycles. The van der Waals surface area contributed by atoms with Gasteiger partial charge in [-0.05, 0) is 73.7 Å². The number of rotatable bonds is 5. The number of aliphatic hydroxyl groups is 2. The fraction of sp³-hybridized carbons (Fsp3) is 0.821. The van der Waals surface area contributed by atoms with E-state index in [0.717, 1.165) is 43.3 Å². The standard InChI is InChI=1S/C28H42O5/c1-15(2)16(3)6-7-17(4)19-8-9-21-22-20(11-13-27(19,21)25(31)32)26(5)12-10-18(29)14-28(26)24(33-28)23(22)30/h6-7,15-20,23-24,29-30H,8-14H2,1-5H3,(H,31,32). The van der Waals surface area contributed by atoms with Crippen LogP contribution in [0.4, 0.5) is 0 Å². The Morgan fingerprint density at radius 3 is 2.48 bits per heavy atom. The maximum Gasteiger partial charge on any atom is 0.314 e. The van der Waals surface area contributed by atoms with Gasteiger partial charge < -0.3 is 20.1 Å². The Bertz CT molecular complexity index is 891. The van der Waals surface area contributed by atoms with Crippen molar-refractivity contribution in [2.24, 2.45) is 40.4 Å². The molecule has 4 fully saturated rings. The largest absolute Gasteiger partial charge is 0.481 e. The molecule has 33 heavy (non-hydrogen) atoms. The van der Waals surface area contributed by atoms with Crippen molar-refractivity contribution in [2.45, 2.75) is 103 Å². The molecule has 0 aromatic carbocycles. The average Bonchev–Trinajstić information content (AvgIpc) is 3.35. The molecule has 5 heteroatoms.